The molecule has 0 fully saturated rings. The quantitative estimate of drug-likeness (QED) is 0.643. The minimum Gasteiger partial charge on any atom is -0.384 e. The van der Waals surface area contributed by atoms with E-state index < -0.39 is 11.6 Å². The molecule has 0 radical (unpaired) electrons. The molecule has 4 heteroatoms. The molecule has 1 N–H and O–H groups in total. The summed E-state index contributed by atoms with van der Waals surface area (Å²) in [7, 11) is 0. The second kappa shape index (κ2) is 6.40. The molecule has 0 unspecified atom stereocenters. The number of halogens is 2. The summed E-state index contributed by atoms with van der Waals surface area (Å²) in [6.07, 6.45) is 0. The van der Waals surface area contributed by atoms with E-state index in [4.69, 9.17) is 0 Å². The third-order valence-electron chi connectivity index (χ3n) is 2.36. The zero-order chi connectivity index (χ0) is 12.8. The van der Waals surface area contributed by atoms with Crippen LogP contribution < -0.4 is 5.32 Å². The Hall–Kier alpha value is -1.55. The number of anilines is 1. The summed E-state index contributed by atoms with van der Waals surface area (Å²) in [6.45, 7) is 0.772. The van der Waals surface area contributed by atoms with Gasteiger partial charge in [0.2, 0.25) is 0 Å². The number of hydrogen-bond acceptors (Lipinski definition) is 2. The van der Waals surface area contributed by atoms with Crippen molar-refractivity contribution in [3.05, 3.63) is 60.2 Å². The molecule has 0 spiro atoms. The number of nitrogens with one attached hydrogen (secondary N) is 1. The van der Waals surface area contributed by atoms with Gasteiger partial charge in [-0.25, -0.2) is 8.78 Å². The Kier molecular flexibility index (Phi) is 4.59. The minimum absolute atomic E-state index is 0.740. The first-order valence-corrected chi connectivity index (χ1v) is 6.61. The van der Waals surface area contributed by atoms with Crippen molar-refractivity contribution in [3.63, 3.8) is 0 Å². The van der Waals surface area contributed by atoms with E-state index in [1.54, 1.807) is 6.07 Å². The summed E-state index contributed by atoms with van der Waals surface area (Å²) < 4.78 is 25.7. The maximum absolute atomic E-state index is 12.9. The minimum atomic E-state index is -0.804. The summed E-state index contributed by atoms with van der Waals surface area (Å²) in [4.78, 5) is 0.740. The highest BCUT2D eigenvalue weighted by atomic mass is 32.2. The van der Waals surface area contributed by atoms with Crippen LogP contribution in [0.1, 0.15) is 0 Å². The van der Waals surface area contributed by atoms with Gasteiger partial charge in [0.25, 0.3) is 0 Å². The Balaban J connectivity index is 1.77. The number of rotatable bonds is 5. The van der Waals surface area contributed by atoms with Crippen molar-refractivity contribution in [1.29, 1.82) is 0 Å². The largest absolute Gasteiger partial charge is 0.384 e. The van der Waals surface area contributed by atoms with Crippen LogP contribution in [0.4, 0.5) is 14.5 Å². The van der Waals surface area contributed by atoms with E-state index in [0.29, 0.717) is 0 Å². The Labute approximate surface area is 109 Å². The predicted octanol–water partition coefficient (Wildman–Crippen LogP) is 4.17. The smallest absolute Gasteiger partial charge is 0.159 e. The molecule has 0 aliphatic carbocycles. The molecular formula is C14H13F2NS. The van der Waals surface area contributed by atoms with E-state index >= 15 is 0 Å². The van der Waals surface area contributed by atoms with Crippen molar-refractivity contribution >= 4 is 17.4 Å². The highest BCUT2D eigenvalue weighted by molar-refractivity contribution is 7.99. The summed E-state index contributed by atoms with van der Waals surface area (Å²) in [5.41, 5.74) is 1.06. The number of hydrogen-bond donors (Lipinski definition) is 1. The summed E-state index contributed by atoms with van der Waals surface area (Å²) >= 11 is 1.49. The van der Waals surface area contributed by atoms with Crippen LogP contribution in [0.5, 0.6) is 0 Å². The monoisotopic (exact) mass is 265 g/mol. The molecule has 1 nitrogen and oxygen atoms in total. The normalized spacial score (nSPS) is 10.3. The van der Waals surface area contributed by atoms with E-state index in [9.17, 15) is 8.78 Å². The molecule has 0 aliphatic rings. The lowest BCUT2D eigenvalue weighted by Gasteiger charge is -2.06. The number of thioether (sulfide) groups is 1. The van der Waals surface area contributed by atoms with Gasteiger partial charge in [-0.05, 0) is 30.3 Å². The van der Waals surface area contributed by atoms with E-state index in [-0.39, 0.29) is 0 Å². The lowest BCUT2D eigenvalue weighted by Crippen LogP contribution is -2.03. The fraction of sp³-hybridized carbons (Fsp3) is 0.143. The first-order valence-electron chi connectivity index (χ1n) is 5.62. The van der Waals surface area contributed by atoms with Crippen molar-refractivity contribution in [2.24, 2.45) is 0 Å². The predicted molar refractivity (Wildman–Crippen MR) is 72.0 cm³/mol. The highest BCUT2D eigenvalue weighted by Crippen LogP contribution is 2.20. The van der Waals surface area contributed by atoms with Gasteiger partial charge in [0.1, 0.15) is 0 Å². The van der Waals surface area contributed by atoms with Crippen molar-refractivity contribution < 1.29 is 8.78 Å². The van der Waals surface area contributed by atoms with Gasteiger partial charge in [-0.2, -0.15) is 0 Å². The molecule has 0 bridgehead atoms. The summed E-state index contributed by atoms with van der Waals surface area (Å²) in [6, 6.07) is 13.8. The van der Waals surface area contributed by atoms with Crippen molar-refractivity contribution in [3.8, 4) is 0 Å². The van der Waals surface area contributed by atoms with Gasteiger partial charge in [-0.3, -0.25) is 0 Å². The SMILES string of the molecule is Fc1ccc(SCCNc2ccccc2)cc1F. The fourth-order valence-electron chi connectivity index (χ4n) is 1.49. The van der Waals surface area contributed by atoms with Gasteiger partial charge in [-0.15, -0.1) is 11.8 Å². The molecule has 0 heterocycles. The standard InChI is InChI=1S/C14H13F2NS/c15-13-7-6-12(10-14(13)16)18-9-8-17-11-4-2-1-3-5-11/h1-7,10,17H,8-9H2. The average Bonchev–Trinajstić information content (AvgIpc) is 2.40. The maximum atomic E-state index is 12.9. The second-order valence-corrected chi connectivity index (χ2v) is 4.89. The van der Waals surface area contributed by atoms with E-state index in [1.807, 2.05) is 30.3 Å². The average molecular weight is 265 g/mol. The molecular weight excluding hydrogens is 252 g/mol. The van der Waals surface area contributed by atoms with Crippen LogP contribution in [-0.4, -0.2) is 12.3 Å². The van der Waals surface area contributed by atoms with E-state index in [1.165, 1.54) is 17.8 Å². The van der Waals surface area contributed by atoms with Crippen LogP contribution in [0.3, 0.4) is 0 Å². The highest BCUT2D eigenvalue weighted by Gasteiger charge is 2.02. The summed E-state index contributed by atoms with van der Waals surface area (Å²) in [5, 5.41) is 3.25. The maximum Gasteiger partial charge on any atom is 0.159 e. The molecule has 0 atom stereocenters. The van der Waals surface area contributed by atoms with Crippen LogP contribution in [0.2, 0.25) is 0 Å². The van der Waals surface area contributed by atoms with Crippen LogP contribution in [0.15, 0.2) is 53.4 Å². The molecule has 18 heavy (non-hydrogen) atoms. The molecule has 0 aromatic heterocycles. The van der Waals surface area contributed by atoms with Crippen LogP contribution >= 0.6 is 11.8 Å². The Morgan fingerprint density at radius 2 is 1.72 bits per heavy atom. The van der Waals surface area contributed by atoms with Crippen molar-refractivity contribution in [2.45, 2.75) is 4.90 Å². The molecule has 0 saturated heterocycles. The Morgan fingerprint density at radius 3 is 2.44 bits per heavy atom. The molecule has 0 aliphatic heterocycles. The zero-order valence-electron chi connectivity index (χ0n) is 9.70. The number of para-hydroxylation sites is 1. The van der Waals surface area contributed by atoms with Gasteiger partial charge in [0.15, 0.2) is 11.6 Å². The van der Waals surface area contributed by atoms with Crippen LogP contribution in [0, 0.1) is 11.6 Å². The van der Waals surface area contributed by atoms with Crippen LogP contribution in [-0.2, 0) is 0 Å². The van der Waals surface area contributed by atoms with Gasteiger partial charge in [0, 0.05) is 22.9 Å². The fourth-order valence-corrected chi connectivity index (χ4v) is 2.28. The van der Waals surface area contributed by atoms with Crippen LogP contribution in [0.25, 0.3) is 0 Å². The van der Waals surface area contributed by atoms with Gasteiger partial charge in [-0.1, -0.05) is 18.2 Å². The Morgan fingerprint density at radius 1 is 0.944 bits per heavy atom. The van der Waals surface area contributed by atoms with E-state index in [2.05, 4.69) is 5.32 Å². The lowest BCUT2D eigenvalue weighted by atomic mass is 10.3. The lowest BCUT2D eigenvalue weighted by molar-refractivity contribution is 0.506. The summed E-state index contributed by atoms with van der Waals surface area (Å²) in [5.74, 6) is -0.808. The van der Waals surface area contributed by atoms with Gasteiger partial charge in [0.05, 0.1) is 0 Å². The molecule has 2 rings (SSSR count). The van der Waals surface area contributed by atoms with E-state index in [0.717, 1.165) is 28.9 Å². The zero-order valence-corrected chi connectivity index (χ0v) is 10.5. The molecule has 94 valence electrons. The second-order valence-electron chi connectivity index (χ2n) is 3.72. The Bertz CT molecular complexity index is 502. The molecule has 2 aromatic rings. The van der Waals surface area contributed by atoms with Crippen molar-refractivity contribution in [2.75, 3.05) is 17.6 Å². The van der Waals surface area contributed by atoms with Gasteiger partial charge >= 0.3 is 0 Å². The first-order chi connectivity index (χ1) is 8.75. The third-order valence-corrected chi connectivity index (χ3v) is 3.36. The van der Waals surface area contributed by atoms with Crippen molar-refractivity contribution in [1.82, 2.24) is 0 Å². The molecule has 0 saturated carbocycles. The van der Waals surface area contributed by atoms with Gasteiger partial charge < -0.3 is 5.32 Å². The first kappa shape index (κ1) is 12.9. The third kappa shape index (κ3) is 3.74. The molecule has 0 amide bonds. The molecule has 2 aromatic carbocycles. The topological polar surface area (TPSA) is 12.0 Å². The number of benzene rings is 2.